The van der Waals surface area contributed by atoms with Gasteiger partial charge in [-0.2, -0.15) is 23.4 Å². The van der Waals surface area contributed by atoms with Crippen LogP contribution >= 0.6 is 39.1 Å². The minimum absolute atomic E-state index is 0.0323. The Labute approximate surface area is 188 Å². The van der Waals surface area contributed by atoms with E-state index in [0.29, 0.717) is 11.6 Å². The molecule has 0 atom stereocenters. The lowest BCUT2D eigenvalue weighted by Gasteiger charge is -2.05. The van der Waals surface area contributed by atoms with E-state index in [9.17, 15) is 18.0 Å². The Kier molecular flexibility index (Phi) is 6.78. The number of hydrogen-bond acceptors (Lipinski definition) is 3. The number of nitrogens with zero attached hydrogens (tertiary/aromatic N) is 4. The summed E-state index contributed by atoms with van der Waals surface area (Å²) in [6.07, 6.45) is -3.12. The normalized spacial score (nSPS) is 11.7. The van der Waals surface area contributed by atoms with Gasteiger partial charge >= 0.3 is 6.18 Å². The standard InChI is InChI=1S/C18H15BrCl2F3N5O/c1-10-15(19)16(18(22,23)24)26-29(10)7-6-14(30)25-17-13(21)9-28(27-17)8-11-2-4-12(20)5-3-11/h2-5,9H,6-8H2,1H3,(H,25,27,30). The lowest BCUT2D eigenvalue weighted by Crippen LogP contribution is -2.17. The molecule has 0 unspecified atom stereocenters. The maximum absolute atomic E-state index is 12.9. The predicted octanol–water partition coefficient (Wildman–Crippen LogP) is 5.55. The van der Waals surface area contributed by atoms with Gasteiger partial charge in [-0.15, -0.1) is 0 Å². The molecule has 0 aliphatic rings. The zero-order chi connectivity index (χ0) is 22.1. The summed E-state index contributed by atoms with van der Waals surface area (Å²) < 4.78 is 41.4. The van der Waals surface area contributed by atoms with E-state index in [0.717, 1.165) is 10.2 Å². The van der Waals surface area contributed by atoms with E-state index < -0.39 is 17.8 Å². The number of nitrogens with one attached hydrogen (secondary N) is 1. The van der Waals surface area contributed by atoms with Crippen LogP contribution in [0.1, 0.15) is 23.4 Å². The zero-order valence-electron chi connectivity index (χ0n) is 15.5. The average molecular weight is 525 g/mol. The number of hydrogen-bond donors (Lipinski definition) is 1. The van der Waals surface area contributed by atoms with E-state index in [1.54, 1.807) is 23.0 Å². The van der Waals surface area contributed by atoms with Crippen LogP contribution in [0.5, 0.6) is 0 Å². The van der Waals surface area contributed by atoms with Gasteiger partial charge in [0.2, 0.25) is 5.91 Å². The van der Waals surface area contributed by atoms with Gasteiger partial charge in [0.25, 0.3) is 0 Å². The molecule has 0 saturated heterocycles. The quantitative estimate of drug-likeness (QED) is 0.459. The van der Waals surface area contributed by atoms with Crippen LogP contribution in [0.3, 0.4) is 0 Å². The molecule has 12 heteroatoms. The Morgan fingerprint density at radius 3 is 2.47 bits per heavy atom. The minimum atomic E-state index is -4.58. The van der Waals surface area contributed by atoms with Gasteiger partial charge in [-0.3, -0.25) is 14.2 Å². The summed E-state index contributed by atoms with van der Waals surface area (Å²) in [4.78, 5) is 12.2. The van der Waals surface area contributed by atoms with E-state index >= 15 is 0 Å². The summed E-state index contributed by atoms with van der Waals surface area (Å²) in [6, 6.07) is 7.20. The zero-order valence-corrected chi connectivity index (χ0v) is 18.6. The van der Waals surface area contributed by atoms with Crippen molar-refractivity contribution in [3.8, 4) is 0 Å². The fourth-order valence-electron chi connectivity index (χ4n) is 2.66. The monoisotopic (exact) mass is 523 g/mol. The maximum Gasteiger partial charge on any atom is 0.436 e. The number of halogens is 6. The molecule has 0 spiro atoms. The largest absolute Gasteiger partial charge is 0.436 e. The molecule has 0 fully saturated rings. The number of alkyl halides is 3. The molecule has 1 amide bonds. The molecule has 6 nitrogen and oxygen atoms in total. The molecule has 2 aromatic heterocycles. The number of carbonyl (C=O) groups is 1. The van der Waals surface area contributed by atoms with E-state index in [1.165, 1.54) is 6.92 Å². The van der Waals surface area contributed by atoms with Gasteiger partial charge in [-0.1, -0.05) is 35.3 Å². The van der Waals surface area contributed by atoms with Crippen LogP contribution in [0.25, 0.3) is 0 Å². The van der Waals surface area contributed by atoms with E-state index in [2.05, 4.69) is 31.4 Å². The topological polar surface area (TPSA) is 64.7 Å². The highest BCUT2D eigenvalue weighted by molar-refractivity contribution is 9.10. The molecule has 0 aliphatic heterocycles. The third kappa shape index (κ3) is 5.35. The predicted molar refractivity (Wildman–Crippen MR) is 111 cm³/mol. The van der Waals surface area contributed by atoms with Gasteiger partial charge in [0.15, 0.2) is 11.5 Å². The minimum Gasteiger partial charge on any atom is -0.308 e. The third-order valence-electron chi connectivity index (χ3n) is 4.19. The number of amides is 1. The van der Waals surface area contributed by atoms with Crippen molar-refractivity contribution >= 4 is 50.9 Å². The van der Waals surface area contributed by atoms with Crippen molar-refractivity contribution in [3.05, 3.63) is 61.9 Å². The van der Waals surface area contributed by atoms with E-state index in [4.69, 9.17) is 23.2 Å². The van der Waals surface area contributed by atoms with Gasteiger partial charge in [0.05, 0.1) is 23.3 Å². The molecular weight excluding hydrogens is 510 g/mol. The molecule has 1 aromatic carbocycles. The second-order valence-electron chi connectivity index (χ2n) is 6.42. The van der Waals surface area contributed by atoms with Gasteiger partial charge in [0.1, 0.15) is 5.02 Å². The third-order valence-corrected chi connectivity index (χ3v) is 5.66. The Hall–Kier alpha value is -2.04. The van der Waals surface area contributed by atoms with Crippen LogP contribution < -0.4 is 5.32 Å². The SMILES string of the molecule is Cc1c(Br)c(C(F)(F)F)nn1CCC(=O)Nc1nn(Cc2ccc(Cl)cc2)cc1Cl. The Morgan fingerprint density at radius 2 is 1.87 bits per heavy atom. The highest BCUT2D eigenvalue weighted by Gasteiger charge is 2.37. The van der Waals surface area contributed by atoms with Crippen molar-refractivity contribution in [2.24, 2.45) is 0 Å². The Bertz CT molecular complexity index is 1060. The van der Waals surface area contributed by atoms with Crippen LogP contribution in [-0.2, 0) is 24.1 Å². The first-order valence-electron chi connectivity index (χ1n) is 8.62. The molecule has 0 bridgehead atoms. The van der Waals surface area contributed by atoms with Crippen LogP contribution in [0, 0.1) is 6.92 Å². The Morgan fingerprint density at radius 1 is 1.20 bits per heavy atom. The smallest absolute Gasteiger partial charge is 0.308 e. The number of aromatic nitrogens is 4. The van der Waals surface area contributed by atoms with Crippen molar-refractivity contribution < 1.29 is 18.0 Å². The lowest BCUT2D eigenvalue weighted by atomic mass is 10.2. The number of benzene rings is 1. The highest BCUT2D eigenvalue weighted by atomic mass is 79.9. The molecule has 3 rings (SSSR count). The van der Waals surface area contributed by atoms with Crippen molar-refractivity contribution in [1.29, 1.82) is 0 Å². The molecule has 1 N–H and O–H groups in total. The summed E-state index contributed by atoms with van der Waals surface area (Å²) >= 11 is 14.9. The number of anilines is 1. The molecule has 2 heterocycles. The molecular formula is C18H15BrCl2F3N5O. The summed E-state index contributed by atoms with van der Waals surface area (Å²) in [5.74, 6) is -0.279. The van der Waals surface area contributed by atoms with Crippen LogP contribution in [0.2, 0.25) is 10.0 Å². The number of carbonyl (C=O) groups excluding carboxylic acids is 1. The second kappa shape index (κ2) is 8.99. The molecule has 3 aromatic rings. The van der Waals surface area contributed by atoms with Gasteiger partial charge < -0.3 is 5.32 Å². The van der Waals surface area contributed by atoms with Gasteiger partial charge in [-0.25, -0.2) is 0 Å². The van der Waals surface area contributed by atoms with Crippen LogP contribution in [0.15, 0.2) is 34.9 Å². The molecule has 0 radical (unpaired) electrons. The second-order valence-corrected chi connectivity index (χ2v) is 8.05. The number of rotatable bonds is 6. The van der Waals surface area contributed by atoms with Crippen LogP contribution in [0.4, 0.5) is 19.0 Å². The summed E-state index contributed by atoms with van der Waals surface area (Å²) in [5, 5.41) is 11.2. The fourth-order valence-corrected chi connectivity index (χ4v) is 3.50. The van der Waals surface area contributed by atoms with Crippen molar-refractivity contribution in [3.63, 3.8) is 0 Å². The first-order chi connectivity index (χ1) is 14.0. The van der Waals surface area contributed by atoms with Gasteiger partial charge in [0, 0.05) is 17.6 Å². The average Bonchev–Trinajstić information content (AvgIpc) is 3.15. The van der Waals surface area contributed by atoms with E-state index in [1.807, 2.05) is 12.1 Å². The Balaban J connectivity index is 1.62. The van der Waals surface area contributed by atoms with Crippen molar-refractivity contribution in [2.45, 2.75) is 32.6 Å². The first kappa shape index (κ1) is 22.6. The number of aryl methyl sites for hydroxylation is 1. The highest BCUT2D eigenvalue weighted by Crippen LogP contribution is 2.35. The summed E-state index contributed by atoms with van der Waals surface area (Å²) in [7, 11) is 0. The van der Waals surface area contributed by atoms with Crippen molar-refractivity contribution in [2.75, 3.05) is 5.32 Å². The molecule has 160 valence electrons. The summed E-state index contributed by atoms with van der Waals surface area (Å²) in [6.45, 7) is 1.88. The van der Waals surface area contributed by atoms with Crippen molar-refractivity contribution in [1.82, 2.24) is 19.6 Å². The van der Waals surface area contributed by atoms with Crippen LogP contribution in [-0.4, -0.2) is 25.5 Å². The molecule has 30 heavy (non-hydrogen) atoms. The van der Waals surface area contributed by atoms with Gasteiger partial charge in [-0.05, 0) is 40.5 Å². The lowest BCUT2D eigenvalue weighted by molar-refractivity contribution is -0.142. The molecule has 0 aliphatic carbocycles. The van der Waals surface area contributed by atoms with E-state index in [-0.39, 0.29) is 34.0 Å². The summed E-state index contributed by atoms with van der Waals surface area (Å²) in [5.41, 5.74) is 0.196. The maximum atomic E-state index is 12.9. The molecule has 0 saturated carbocycles. The fraction of sp³-hybridized carbons (Fsp3) is 0.278. The first-order valence-corrected chi connectivity index (χ1v) is 10.2.